The normalized spacial score (nSPS) is 31.0. The molecule has 1 saturated heterocycles. The smallest absolute Gasteiger partial charge is 0.211 e. The average molecular weight is 494 g/mol. The second kappa shape index (κ2) is 15.0. The van der Waals surface area contributed by atoms with Crippen molar-refractivity contribution in [2.45, 2.75) is 114 Å². The van der Waals surface area contributed by atoms with E-state index in [1.807, 2.05) is 24.2 Å². The van der Waals surface area contributed by atoms with Crippen LogP contribution in [0.1, 0.15) is 96.3 Å². The third-order valence-corrected chi connectivity index (χ3v) is 8.65. The predicted molar refractivity (Wildman–Crippen MR) is 155 cm³/mol. The van der Waals surface area contributed by atoms with E-state index in [0.29, 0.717) is 6.04 Å². The SMILES string of the molecule is C=C/C=C1/C(=NC2CCC(N3CCCCN([B]C4CCCCCCCC4)CCC3)CC2)NC=NN1C. The highest BCUT2D eigenvalue weighted by molar-refractivity contribution is 6.34. The highest BCUT2D eigenvalue weighted by Crippen LogP contribution is 2.28. The zero-order valence-electron chi connectivity index (χ0n) is 22.9. The topological polar surface area (TPSA) is 46.5 Å². The molecular formula is C29H50BN6. The lowest BCUT2D eigenvalue weighted by Crippen LogP contribution is -2.41. The molecule has 0 amide bonds. The summed E-state index contributed by atoms with van der Waals surface area (Å²) < 4.78 is 0. The third kappa shape index (κ3) is 8.48. The minimum Gasteiger partial charge on any atom is -0.346 e. The van der Waals surface area contributed by atoms with Crippen LogP contribution in [0.15, 0.2) is 34.5 Å². The molecule has 6 nitrogen and oxygen atoms in total. The van der Waals surface area contributed by atoms with E-state index in [9.17, 15) is 0 Å². The molecule has 199 valence electrons. The van der Waals surface area contributed by atoms with Crippen LogP contribution in [0.25, 0.3) is 0 Å². The van der Waals surface area contributed by atoms with Crippen molar-refractivity contribution in [2.24, 2.45) is 10.1 Å². The van der Waals surface area contributed by atoms with Crippen molar-refractivity contribution in [1.29, 1.82) is 0 Å². The van der Waals surface area contributed by atoms with Crippen molar-refractivity contribution in [1.82, 2.24) is 20.0 Å². The fourth-order valence-corrected chi connectivity index (χ4v) is 6.56. The van der Waals surface area contributed by atoms with Crippen molar-refractivity contribution in [3.05, 3.63) is 24.4 Å². The second-order valence-corrected chi connectivity index (χ2v) is 11.4. The van der Waals surface area contributed by atoms with Gasteiger partial charge in [0.2, 0.25) is 7.41 Å². The summed E-state index contributed by atoms with van der Waals surface area (Å²) in [6.45, 7) is 8.89. The Morgan fingerprint density at radius 1 is 0.889 bits per heavy atom. The summed E-state index contributed by atoms with van der Waals surface area (Å²) >= 11 is 0. The molecule has 0 aromatic rings. The van der Waals surface area contributed by atoms with E-state index >= 15 is 0 Å². The Hall–Kier alpha value is -1.60. The van der Waals surface area contributed by atoms with Crippen molar-refractivity contribution in [2.75, 3.05) is 33.2 Å². The number of nitrogens with zero attached hydrogens (tertiary/aromatic N) is 5. The Morgan fingerprint density at radius 3 is 2.31 bits per heavy atom. The van der Waals surface area contributed by atoms with Gasteiger partial charge in [-0.05, 0) is 77.2 Å². The monoisotopic (exact) mass is 493 g/mol. The molecule has 2 aliphatic heterocycles. The van der Waals surface area contributed by atoms with Gasteiger partial charge in [-0.1, -0.05) is 69.8 Å². The second-order valence-electron chi connectivity index (χ2n) is 11.4. The molecule has 3 fully saturated rings. The Bertz CT molecular complexity index is 747. The molecule has 1 N–H and O–H groups in total. The van der Waals surface area contributed by atoms with Crippen molar-refractivity contribution in [3.8, 4) is 0 Å². The molecule has 0 bridgehead atoms. The Balaban J connectivity index is 1.23. The minimum atomic E-state index is 0.396. The molecule has 0 atom stereocenters. The van der Waals surface area contributed by atoms with Crippen molar-refractivity contribution < 1.29 is 0 Å². The van der Waals surface area contributed by atoms with E-state index < -0.39 is 0 Å². The zero-order valence-corrected chi connectivity index (χ0v) is 22.9. The number of rotatable bonds is 5. The molecule has 0 spiro atoms. The van der Waals surface area contributed by atoms with Gasteiger partial charge in [0.05, 0.1) is 6.04 Å². The van der Waals surface area contributed by atoms with Gasteiger partial charge in [-0.25, -0.2) is 0 Å². The predicted octanol–water partition coefficient (Wildman–Crippen LogP) is 5.57. The molecule has 36 heavy (non-hydrogen) atoms. The summed E-state index contributed by atoms with van der Waals surface area (Å²) in [5.74, 6) is 1.75. The molecule has 0 aromatic heterocycles. The summed E-state index contributed by atoms with van der Waals surface area (Å²) in [5.41, 5.74) is 0.992. The Kier molecular flexibility index (Phi) is 11.4. The van der Waals surface area contributed by atoms with Gasteiger partial charge in [0.1, 0.15) is 12.0 Å². The molecule has 0 aromatic carbocycles. The zero-order chi connectivity index (χ0) is 25.0. The number of aliphatic imine (C=N–C) groups is 1. The Labute approximate surface area is 221 Å². The largest absolute Gasteiger partial charge is 0.346 e. The Morgan fingerprint density at radius 2 is 1.56 bits per heavy atom. The van der Waals surface area contributed by atoms with E-state index in [4.69, 9.17) is 4.99 Å². The van der Waals surface area contributed by atoms with E-state index in [-0.39, 0.29) is 0 Å². The van der Waals surface area contributed by atoms with Crippen LogP contribution in [0.3, 0.4) is 0 Å². The highest BCUT2D eigenvalue weighted by Gasteiger charge is 2.27. The van der Waals surface area contributed by atoms with Gasteiger partial charge in [0.15, 0.2) is 5.84 Å². The number of hydrogen-bond donors (Lipinski definition) is 1. The van der Waals surface area contributed by atoms with Crippen LogP contribution in [-0.4, -0.2) is 79.6 Å². The van der Waals surface area contributed by atoms with Gasteiger partial charge >= 0.3 is 0 Å². The molecule has 7 heteroatoms. The van der Waals surface area contributed by atoms with Gasteiger partial charge in [0.25, 0.3) is 0 Å². The fraction of sp³-hybridized carbons (Fsp3) is 0.793. The lowest BCUT2D eigenvalue weighted by atomic mass is 9.68. The molecule has 2 saturated carbocycles. The van der Waals surface area contributed by atoms with Gasteiger partial charge in [0, 0.05) is 13.1 Å². The number of nitrogens with one attached hydrogen (secondary N) is 1. The average Bonchev–Trinajstić information content (AvgIpc) is 3.09. The van der Waals surface area contributed by atoms with Crippen LogP contribution in [0.4, 0.5) is 0 Å². The summed E-state index contributed by atoms with van der Waals surface area (Å²) in [6.07, 6.45) is 25.9. The van der Waals surface area contributed by atoms with E-state index in [1.54, 1.807) is 6.34 Å². The number of amidine groups is 1. The third-order valence-electron chi connectivity index (χ3n) is 8.65. The minimum absolute atomic E-state index is 0.396. The van der Waals surface area contributed by atoms with Gasteiger partial charge in [-0.15, -0.1) is 0 Å². The summed E-state index contributed by atoms with van der Waals surface area (Å²) in [5, 5.41) is 9.43. The van der Waals surface area contributed by atoms with Gasteiger partial charge in [-0.3, -0.25) is 10.0 Å². The van der Waals surface area contributed by atoms with Crippen LogP contribution in [0.2, 0.25) is 5.82 Å². The van der Waals surface area contributed by atoms with Crippen molar-refractivity contribution in [3.63, 3.8) is 0 Å². The van der Waals surface area contributed by atoms with Gasteiger partial charge in [-0.2, -0.15) is 5.10 Å². The number of allylic oxidation sites excluding steroid dienone is 2. The lowest BCUT2D eigenvalue weighted by molar-refractivity contribution is 0.148. The van der Waals surface area contributed by atoms with E-state index in [1.165, 1.54) is 122 Å². The molecule has 4 rings (SSSR count). The summed E-state index contributed by atoms with van der Waals surface area (Å²) in [4.78, 5) is 10.6. The lowest BCUT2D eigenvalue weighted by Gasteiger charge is -2.36. The number of hydrazone groups is 1. The van der Waals surface area contributed by atoms with Crippen LogP contribution in [-0.2, 0) is 0 Å². The van der Waals surface area contributed by atoms with E-state index in [2.05, 4.69) is 34.1 Å². The highest BCUT2D eigenvalue weighted by atomic mass is 15.5. The summed E-state index contributed by atoms with van der Waals surface area (Å²) in [6, 6.07) is 1.13. The summed E-state index contributed by atoms with van der Waals surface area (Å²) in [7, 11) is 4.63. The number of likely N-dealkylation sites (N-methyl/N-ethyl adjacent to an activating group) is 1. The molecule has 2 heterocycles. The van der Waals surface area contributed by atoms with Crippen LogP contribution in [0.5, 0.6) is 0 Å². The van der Waals surface area contributed by atoms with Crippen LogP contribution < -0.4 is 5.32 Å². The molecule has 0 unspecified atom stereocenters. The number of hydrogen-bond acceptors (Lipinski definition) is 5. The first kappa shape index (κ1) is 27.4. The molecule has 2 aliphatic carbocycles. The maximum absolute atomic E-state index is 5.08. The van der Waals surface area contributed by atoms with Crippen molar-refractivity contribution >= 4 is 19.6 Å². The van der Waals surface area contributed by atoms with Crippen LogP contribution >= 0.6 is 0 Å². The maximum Gasteiger partial charge on any atom is 0.211 e. The first-order valence-electron chi connectivity index (χ1n) is 15.0. The first-order valence-corrected chi connectivity index (χ1v) is 15.0. The fourth-order valence-electron chi connectivity index (χ4n) is 6.56. The molecule has 4 aliphatic rings. The maximum atomic E-state index is 5.08. The van der Waals surface area contributed by atoms with Crippen LogP contribution in [0, 0.1) is 0 Å². The van der Waals surface area contributed by atoms with E-state index in [0.717, 1.165) is 23.4 Å². The molecule has 1 radical (unpaired) electrons. The van der Waals surface area contributed by atoms with Gasteiger partial charge < -0.3 is 15.0 Å². The quantitative estimate of drug-likeness (QED) is 0.509. The first-order chi connectivity index (χ1) is 17.7. The standard InChI is InChI=1S/C29H50BN6/c1-3-13-28-29(31-24-32-34(28)2)33-26-16-18-27(19-17-26)35-20-10-11-22-36(23-12-21-35)30-25-14-8-6-4-5-7-9-15-25/h3,13,24-27H,1,4-12,14-23H2,2H3,(H,31,32,33)/b28-13-. The molecular weight excluding hydrogens is 443 g/mol.